The molecule has 0 bridgehead atoms. The van der Waals surface area contributed by atoms with E-state index in [-0.39, 0.29) is 21.7 Å². The third-order valence-corrected chi connectivity index (χ3v) is 6.29. The molecule has 0 saturated heterocycles. The molecule has 0 spiro atoms. The summed E-state index contributed by atoms with van der Waals surface area (Å²) in [6.07, 6.45) is 2.12. The average molecular weight is 369 g/mol. The van der Waals surface area contributed by atoms with Crippen molar-refractivity contribution in [2.75, 3.05) is 4.72 Å². The van der Waals surface area contributed by atoms with Gasteiger partial charge >= 0.3 is 0 Å². The second-order valence-corrected chi connectivity index (χ2v) is 8.62. The molecule has 2 aromatic rings. The van der Waals surface area contributed by atoms with Crippen LogP contribution in [0, 0.1) is 0 Å². The molecule has 1 aromatic heterocycles. The average Bonchev–Trinajstić information content (AvgIpc) is 2.55. The van der Waals surface area contributed by atoms with Gasteiger partial charge in [0.25, 0.3) is 10.0 Å². The van der Waals surface area contributed by atoms with Crippen molar-refractivity contribution in [3.8, 4) is 0 Å². The fourth-order valence-electron chi connectivity index (χ4n) is 1.83. The van der Waals surface area contributed by atoms with Crippen LogP contribution >= 0.6 is 0 Å². The van der Waals surface area contributed by atoms with E-state index in [2.05, 4.69) is 14.4 Å². The van der Waals surface area contributed by atoms with Gasteiger partial charge in [-0.2, -0.15) is 0 Å². The SMILES string of the molecule is CC[C@@H](C)NS(=O)(=O)c1ccc(S(=O)(=O)Nc2ccccn2)cc1. The highest BCUT2D eigenvalue weighted by atomic mass is 32.2. The maximum absolute atomic E-state index is 12.3. The van der Waals surface area contributed by atoms with Crippen molar-refractivity contribution in [1.82, 2.24) is 9.71 Å². The van der Waals surface area contributed by atoms with Crippen LogP contribution in [-0.4, -0.2) is 27.9 Å². The normalized spacial score (nSPS) is 13.4. The topological polar surface area (TPSA) is 105 Å². The van der Waals surface area contributed by atoms with E-state index in [1.54, 1.807) is 19.1 Å². The molecule has 0 aliphatic heterocycles. The Bertz CT molecular complexity index is 880. The number of sulfonamides is 2. The van der Waals surface area contributed by atoms with Crippen LogP contribution in [0.25, 0.3) is 0 Å². The minimum Gasteiger partial charge on any atom is -0.263 e. The molecule has 0 amide bonds. The summed E-state index contributed by atoms with van der Waals surface area (Å²) in [6.45, 7) is 3.62. The second-order valence-electron chi connectivity index (χ2n) is 5.22. The summed E-state index contributed by atoms with van der Waals surface area (Å²) in [5.41, 5.74) is 0. The lowest BCUT2D eigenvalue weighted by Gasteiger charge is -2.12. The molecule has 1 aromatic carbocycles. The highest BCUT2D eigenvalue weighted by Gasteiger charge is 2.19. The number of hydrogen-bond donors (Lipinski definition) is 2. The van der Waals surface area contributed by atoms with Crippen LogP contribution in [0.4, 0.5) is 5.82 Å². The van der Waals surface area contributed by atoms with Crippen molar-refractivity contribution < 1.29 is 16.8 Å². The van der Waals surface area contributed by atoms with Gasteiger partial charge < -0.3 is 0 Å². The molecular weight excluding hydrogens is 350 g/mol. The first-order valence-corrected chi connectivity index (χ1v) is 10.3. The van der Waals surface area contributed by atoms with Crippen molar-refractivity contribution in [2.45, 2.75) is 36.1 Å². The van der Waals surface area contributed by atoms with E-state index in [9.17, 15) is 16.8 Å². The van der Waals surface area contributed by atoms with Gasteiger partial charge in [-0.3, -0.25) is 4.72 Å². The molecule has 2 rings (SSSR count). The van der Waals surface area contributed by atoms with Crippen LogP contribution in [-0.2, 0) is 20.0 Å². The fourth-order valence-corrected chi connectivity index (χ4v) is 4.17. The molecular formula is C15H19N3O4S2. The molecule has 1 heterocycles. The predicted molar refractivity (Wildman–Crippen MR) is 91.6 cm³/mol. The molecule has 130 valence electrons. The molecule has 24 heavy (non-hydrogen) atoms. The Balaban J connectivity index is 2.22. The van der Waals surface area contributed by atoms with Crippen molar-refractivity contribution in [3.05, 3.63) is 48.7 Å². The lowest BCUT2D eigenvalue weighted by atomic mass is 10.3. The fraction of sp³-hybridized carbons (Fsp3) is 0.267. The van der Waals surface area contributed by atoms with Gasteiger partial charge in [0, 0.05) is 12.2 Å². The Hall–Kier alpha value is -1.97. The predicted octanol–water partition coefficient (Wildman–Crippen LogP) is 1.96. The largest absolute Gasteiger partial charge is 0.263 e. The van der Waals surface area contributed by atoms with E-state index in [0.717, 1.165) is 0 Å². The summed E-state index contributed by atoms with van der Waals surface area (Å²) >= 11 is 0. The maximum atomic E-state index is 12.3. The number of anilines is 1. The molecule has 0 saturated carbocycles. The molecule has 0 aliphatic carbocycles. The van der Waals surface area contributed by atoms with Gasteiger partial charge in [0.1, 0.15) is 5.82 Å². The van der Waals surface area contributed by atoms with E-state index in [1.807, 2.05) is 6.92 Å². The first-order chi connectivity index (χ1) is 11.2. The van der Waals surface area contributed by atoms with Crippen molar-refractivity contribution in [2.24, 2.45) is 0 Å². The quantitative estimate of drug-likeness (QED) is 0.776. The summed E-state index contributed by atoms with van der Waals surface area (Å²) in [7, 11) is -7.50. The monoisotopic (exact) mass is 369 g/mol. The van der Waals surface area contributed by atoms with E-state index in [4.69, 9.17) is 0 Å². The third kappa shape index (κ3) is 4.53. The lowest BCUT2D eigenvalue weighted by molar-refractivity contribution is 0.555. The van der Waals surface area contributed by atoms with E-state index in [0.29, 0.717) is 6.42 Å². The zero-order valence-electron chi connectivity index (χ0n) is 13.3. The van der Waals surface area contributed by atoms with Crippen LogP contribution in [0.3, 0.4) is 0 Å². The summed E-state index contributed by atoms with van der Waals surface area (Å²) < 4.78 is 53.7. The molecule has 1 atom stereocenters. The Morgan fingerprint density at radius 2 is 1.54 bits per heavy atom. The second kappa shape index (κ2) is 7.29. The Morgan fingerprint density at radius 1 is 0.958 bits per heavy atom. The molecule has 0 radical (unpaired) electrons. The van der Waals surface area contributed by atoms with E-state index < -0.39 is 20.0 Å². The first-order valence-electron chi connectivity index (χ1n) is 7.31. The van der Waals surface area contributed by atoms with E-state index in [1.165, 1.54) is 36.5 Å². The van der Waals surface area contributed by atoms with Gasteiger partial charge in [-0.1, -0.05) is 13.0 Å². The first kappa shape index (κ1) is 18.4. The number of rotatable bonds is 7. The third-order valence-electron chi connectivity index (χ3n) is 3.32. The molecule has 9 heteroatoms. The number of nitrogens with one attached hydrogen (secondary N) is 2. The van der Waals surface area contributed by atoms with Crippen LogP contribution in [0.5, 0.6) is 0 Å². The zero-order chi connectivity index (χ0) is 17.8. The van der Waals surface area contributed by atoms with Crippen LogP contribution in [0.2, 0.25) is 0 Å². The molecule has 0 fully saturated rings. The van der Waals surface area contributed by atoms with Crippen molar-refractivity contribution in [3.63, 3.8) is 0 Å². The maximum Gasteiger partial charge on any atom is 0.263 e. The summed E-state index contributed by atoms with van der Waals surface area (Å²) in [6, 6.07) is 9.65. The Morgan fingerprint density at radius 3 is 2.04 bits per heavy atom. The lowest BCUT2D eigenvalue weighted by Crippen LogP contribution is -2.32. The Labute approximate surface area is 142 Å². The van der Waals surface area contributed by atoms with Gasteiger partial charge in [0.2, 0.25) is 10.0 Å². The van der Waals surface area contributed by atoms with Gasteiger partial charge in [-0.25, -0.2) is 26.5 Å². The zero-order valence-corrected chi connectivity index (χ0v) is 14.9. The number of aromatic nitrogens is 1. The Kier molecular flexibility index (Phi) is 5.58. The molecule has 0 aliphatic rings. The standard InChI is InChI=1S/C15H19N3O4S2/c1-3-12(2)17-23(19,20)13-7-9-14(10-8-13)24(21,22)18-15-6-4-5-11-16-15/h4-12,17H,3H2,1-2H3,(H,16,18)/t12-/m1/s1. The molecule has 7 nitrogen and oxygen atoms in total. The number of pyridine rings is 1. The highest BCUT2D eigenvalue weighted by molar-refractivity contribution is 7.92. The molecule has 0 unspecified atom stereocenters. The van der Waals surface area contributed by atoms with Gasteiger partial charge in [-0.15, -0.1) is 0 Å². The summed E-state index contributed by atoms with van der Waals surface area (Å²) in [4.78, 5) is 3.86. The van der Waals surface area contributed by atoms with Gasteiger partial charge in [-0.05, 0) is 49.7 Å². The van der Waals surface area contributed by atoms with Crippen molar-refractivity contribution in [1.29, 1.82) is 0 Å². The van der Waals surface area contributed by atoms with E-state index >= 15 is 0 Å². The van der Waals surface area contributed by atoms with Crippen LogP contribution in [0.15, 0.2) is 58.5 Å². The number of nitrogens with zero attached hydrogens (tertiary/aromatic N) is 1. The van der Waals surface area contributed by atoms with Gasteiger partial charge in [0.05, 0.1) is 9.79 Å². The van der Waals surface area contributed by atoms with Crippen LogP contribution < -0.4 is 9.44 Å². The van der Waals surface area contributed by atoms with Crippen LogP contribution in [0.1, 0.15) is 20.3 Å². The van der Waals surface area contributed by atoms with Crippen molar-refractivity contribution >= 4 is 25.9 Å². The molecule has 2 N–H and O–H groups in total. The number of hydrogen-bond acceptors (Lipinski definition) is 5. The minimum absolute atomic E-state index is 0.0135. The van der Waals surface area contributed by atoms with Gasteiger partial charge in [0.15, 0.2) is 0 Å². The summed E-state index contributed by atoms with van der Waals surface area (Å²) in [5, 5.41) is 0. The minimum atomic E-state index is -3.83. The summed E-state index contributed by atoms with van der Waals surface area (Å²) in [5.74, 6) is 0.188. The number of benzene rings is 1. The highest BCUT2D eigenvalue weighted by Crippen LogP contribution is 2.17. The smallest absolute Gasteiger partial charge is 0.263 e.